The molecule has 1 aromatic heterocycles. The second-order valence-electron chi connectivity index (χ2n) is 4.70. The van der Waals surface area contributed by atoms with Gasteiger partial charge in [-0.1, -0.05) is 13.0 Å². The summed E-state index contributed by atoms with van der Waals surface area (Å²) in [5.74, 6) is 0.858. The van der Waals surface area contributed by atoms with Gasteiger partial charge in [0.15, 0.2) is 0 Å². The van der Waals surface area contributed by atoms with Crippen LogP contribution >= 0.6 is 0 Å². The Bertz CT molecular complexity index is 376. The molecule has 1 aliphatic rings. The van der Waals surface area contributed by atoms with Crippen molar-refractivity contribution in [3.8, 4) is 0 Å². The fourth-order valence-corrected chi connectivity index (χ4v) is 2.20. The van der Waals surface area contributed by atoms with E-state index in [1.54, 1.807) is 6.20 Å². The third kappa shape index (κ3) is 2.98. The maximum Gasteiger partial charge on any atom is 0.133 e. The summed E-state index contributed by atoms with van der Waals surface area (Å²) >= 11 is 0. The molecule has 1 aromatic rings. The van der Waals surface area contributed by atoms with Crippen molar-refractivity contribution in [1.29, 1.82) is 0 Å². The van der Waals surface area contributed by atoms with Gasteiger partial charge in [-0.25, -0.2) is 4.98 Å². The molecule has 2 rings (SSSR count). The third-order valence-corrected chi connectivity index (χ3v) is 3.17. The molecule has 1 fully saturated rings. The van der Waals surface area contributed by atoms with Crippen LogP contribution in [0.4, 0.5) is 5.82 Å². The van der Waals surface area contributed by atoms with Crippen LogP contribution < -0.4 is 10.2 Å². The first kappa shape index (κ1) is 13.3. The number of pyridine rings is 1. The predicted octanol–water partition coefficient (Wildman–Crippen LogP) is 0.123. The molecular formula is C13H21N3O2. The number of aliphatic hydroxyl groups excluding tert-OH is 2. The third-order valence-electron chi connectivity index (χ3n) is 3.17. The van der Waals surface area contributed by atoms with Crippen molar-refractivity contribution in [2.45, 2.75) is 32.1 Å². The van der Waals surface area contributed by atoms with Crippen LogP contribution in [0.25, 0.3) is 0 Å². The van der Waals surface area contributed by atoms with E-state index in [0.717, 1.165) is 30.9 Å². The minimum Gasteiger partial charge on any atom is -0.389 e. The van der Waals surface area contributed by atoms with E-state index in [0.29, 0.717) is 13.1 Å². The second kappa shape index (κ2) is 6.13. The number of hydrogen-bond acceptors (Lipinski definition) is 5. The van der Waals surface area contributed by atoms with Crippen molar-refractivity contribution in [3.05, 3.63) is 23.9 Å². The normalized spacial score (nSPS) is 23.6. The first-order chi connectivity index (χ1) is 8.72. The lowest BCUT2D eigenvalue weighted by Gasteiger charge is -2.20. The van der Waals surface area contributed by atoms with Crippen LogP contribution in [-0.2, 0) is 6.54 Å². The van der Waals surface area contributed by atoms with Crippen molar-refractivity contribution in [2.24, 2.45) is 0 Å². The first-order valence-corrected chi connectivity index (χ1v) is 6.48. The zero-order chi connectivity index (χ0) is 13.0. The summed E-state index contributed by atoms with van der Waals surface area (Å²) in [6.07, 6.45) is 1.49. The van der Waals surface area contributed by atoms with Gasteiger partial charge in [0.2, 0.25) is 0 Å². The molecule has 0 aliphatic carbocycles. The SMILES string of the molecule is CCCNCc1cccnc1N1CC(O)C(O)C1. The van der Waals surface area contributed by atoms with Crippen LogP contribution in [0, 0.1) is 0 Å². The number of anilines is 1. The Morgan fingerprint density at radius 3 is 2.78 bits per heavy atom. The van der Waals surface area contributed by atoms with Gasteiger partial charge in [-0.15, -0.1) is 0 Å². The summed E-state index contributed by atoms with van der Waals surface area (Å²) in [5, 5.41) is 22.5. The van der Waals surface area contributed by atoms with Crippen LogP contribution in [0.3, 0.4) is 0 Å². The highest BCUT2D eigenvalue weighted by atomic mass is 16.3. The zero-order valence-corrected chi connectivity index (χ0v) is 10.7. The number of nitrogens with one attached hydrogen (secondary N) is 1. The molecule has 2 atom stereocenters. The molecule has 2 heterocycles. The van der Waals surface area contributed by atoms with E-state index in [9.17, 15) is 10.2 Å². The lowest BCUT2D eigenvalue weighted by molar-refractivity contribution is 0.0572. The van der Waals surface area contributed by atoms with E-state index in [2.05, 4.69) is 17.2 Å². The highest BCUT2D eigenvalue weighted by Crippen LogP contribution is 2.22. The maximum atomic E-state index is 9.60. The summed E-state index contributed by atoms with van der Waals surface area (Å²) in [5.41, 5.74) is 1.10. The van der Waals surface area contributed by atoms with Crippen molar-refractivity contribution in [1.82, 2.24) is 10.3 Å². The molecule has 0 spiro atoms. The number of aliphatic hydroxyl groups is 2. The molecule has 18 heavy (non-hydrogen) atoms. The molecule has 0 bridgehead atoms. The lowest BCUT2D eigenvalue weighted by Crippen LogP contribution is -2.25. The topological polar surface area (TPSA) is 68.6 Å². The molecule has 1 saturated heterocycles. The quantitative estimate of drug-likeness (QED) is 0.649. The Hall–Kier alpha value is -1.17. The standard InChI is InChI=1S/C13H21N3O2/c1-2-5-14-7-10-4-3-6-15-13(10)16-8-11(17)12(18)9-16/h3-4,6,11-12,14,17-18H,2,5,7-9H2,1H3. The molecule has 0 saturated carbocycles. The van der Waals surface area contributed by atoms with Gasteiger partial charge in [0.1, 0.15) is 5.82 Å². The average molecular weight is 251 g/mol. The molecule has 5 heteroatoms. The summed E-state index contributed by atoms with van der Waals surface area (Å²) in [6.45, 7) is 4.75. The first-order valence-electron chi connectivity index (χ1n) is 6.48. The van der Waals surface area contributed by atoms with E-state index in [4.69, 9.17) is 0 Å². The van der Waals surface area contributed by atoms with Gasteiger partial charge in [0, 0.05) is 31.4 Å². The Labute approximate surface area is 107 Å². The average Bonchev–Trinajstić information content (AvgIpc) is 2.70. The number of nitrogens with zero attached hydrogens (tertiary/aromatic N) is 2. The minimum atomic E-state index is -0.677. The fraction of sp³-hybridized carbons (Fsp3) is 0.615. The smallest absolute Gasteiger partial charge is 0.133 e. The lowest BCUT2D eigenvalue weighted by atomic mass is 10.2. The van der Waals surface area contributed by atoms with Gasteiger partial charge in [-0.05, 0) is 19.0 Å². The second-order valence-corrected chi connectivity index (χ2v) is 4.70. The monoisotopic (exact) mass is 251 g/mol. The van der Waals surface area contributed by atoms with Crippen LogP contribution in [0.1, 0.15) is 18.9 Å². The van der Waals surface area contributed by atoms with Crippen molar-refractivity contribution < 1.29 is 10.2 Å². The summed E-state index contributed by atoms with van der Waals surface area (Å²) < 4.78 is 0. The molecule has 3 N–H and O–H groups in total. The van der Waals surface area contributed by atoms with Crippen LogP contribution in [0.2, 0.25) is 0 Å². The fourth-order valence-electron chi connectivity index (χ4n) is 2.20. The molecule has 0 amide bonds. The van der Waals surface area contributed by atoms with Gasteiger partial charge < -0.3 is 20.4 Å². The molecule has 5 nitrogen and oxygen atoms in total. The Kier molecular flexibility index (Phi) is 4.52. The summed E-state index contributed by atoms with van der Waals surface area (Å²) in [6, 6.07) is 3.94. The minimum absolute atomic E-state index is 0.443. The van der Waals surface area contributed by atoms with Crippen molar-refractivity contribution in [3.63, 3.8) is 0 Å². The van der Waals surface area contributed by atoms with Gasteiger partial charge in [-0.2, -0.15) is 0 Å². The van der Waals surface area contributed by atoms with E-state index in [-0.39, 0.29) is 0 Å². The van der Waals surface area contributed by atoms with Crippen molar-refractivity contribution >= 4 is 5.82 Å². The Balaban J connectivity index is 2.07. The van der Waals surface area contributed by atoms with E-state index in [1.165, 1.54) is 0 Å². The van der Waals surface area contributed by atoms with Gasteiger partial charge in [0.25, 0.3) is 0 Å². The van der Waals surface area contributed by atoms with Crippen LogP contribution in [0.15, 0.2) is 18.3 Å². The molecule has 1 aliphatic heterocycles. The van der Waals surface area contributed by atoms with E-state index >= 15 is 0 Å². The van der Waals surface area contributed by atoms with Crippen LogP contribution in [-0.4, -0.2) is 47.0 Å². The van der Waals surface area contributed by atoms with Gasteiger partial charge in [0.05, 0.1) is 12.2 Å². The van der Waals surface area contributed by atoms with E-state index in [1.807, 2.05) is 17.0 Å². The number of β-amino-alcohol motifs (C(OH)–C–C–N with tert-alkyl or cyclic N) is 2. The highest BCUT2D eigenvalue weighted by molar-refractivity contribution is 5.48. The highest BCUT2D eigenvalue weighted by Gasteiger charge is 2.31. The van der Waals surface area contributed by atoms with E-state index < -0.39 is 12.2 Å². The maximum absolute atomic E-state index is 9.60. The van der Waals surface area contributed by atoms with Crippen molar-refractivity contribution in [2.75, 3.05) is 24.5 Å². The molecule has 2 unspecified atom stereocenters. The zero-order valence-electron chi connectivity index (χ0n) is 10.7. The number of rotatable bonds is 5. The largest absolute Gasteiger partial charge is 0.389 e. The summed E-state index contributed by atoms with van der Waals surface area (Å²) in [4.78, 5) is 6.31. The van der Waals surface area contributed by atoms with Crippen LogP contribution in [0.5, 0.6) is 0 Å². The number of hydrogen-bond donors (Lipinski definition) is 3. The van der Waals surface area contributed by atoms with Gasteiger partial charge in [-0.3, -0.25) is 0 Å². The van der Waals surface area contributed by atoms with Gasteiger partial charge >= 0.3 is 0 Å². The molecule has 0 radical (unpaired) electrons. The molecule has 0 aromatic carbocycles. The Morgan fingerprint density at radius 2 is 2.11 bits per heavy atom. The molecule has 100 valence electrons. The predicted molar refractivity (Wildman–Crippen MR) is 70.5 cm³/mol. The number of aromatic nitrogens is 1. The molecular weight excluding hydrogens is 230 g/mol. The summed E-state index contributed by atoms with van der Waals surface area (Å²) in [7, 11) is 0. The Morgan fingerprint density at radius 1 is 1.39 bits per heavy atom.